The summed E-state index contributed by atoms with van der Waals surface area (Å²) in [4.78, 5) is 24.7. The first-order valence-corrected chi connectivity index (χ1v) is 7.22. The minimum atomic E-state index is -0.733. The third-order valence-electron chi connectivity index (χ3n) is 3.58. The van der Waals surface area contributed by atoms with Crippen LogP contribution in [0.3, 0.4) is 0 Å². The van der Waals surface area contributed by atoms with Crippen molar-refractivity contribution in [1.82, 2.24) is 4.57 Å². The molecule has 5 nitrogen and oxygen atoms in total. The zero-order valence-electron chi connectivity index (χ0n) is 12.2. The second-order valence-corrected chi connectivity index (χ2v) is 5.48. The van der Waals surface area contributed by atoms with E-state index < -0.39 is 22.8 Å². The van der Waals surface area contributed by atoms with E-state index in [4.69, 9.17) is 11.6 Å². The van der Waals surface area contributed by atoms with Gasteiger partial charge < -0.3 is 15.0 Å². The molecule has 0 aliphatic rings. The van der Waals surface area contributed by atoms with Crippen molar-refractivity contribution in [3.8, 4) is 5.75 Å². The Morgan fingerprint density at radius 1 is 1.13 bits per heavy atom. The maximum Gasteiger partial charge on any atom is 0.263 e. The van der Waals surface area contributed by atoms with Crippen molar-refractivity contribution in [3.63, 3.8) is 0 Å². The molecule has 0 radical (unpaired) electrons. The van der Waals surface area contributed by atoms with E-state index in [1.54, 1.807) is 48.5 Å². The molecular formula is C17H12ClN2O3-. The molecule has 0 aliphatic heterocycles. The summed E-state index contributed by atoms with van der Waals surface area (Å²) < 4.78 is 1.30. The Bertz CT molecular complexity index is 962. The predicted octanol–water partition coefficient (Wildman–Crippen LogP) is 2.52. The molecule has 3 rings (SSSR count). The highest BCUT2D eigenvalue weighted by molar-refractivity contribution is 6.30. The van der Waals surface area contributed by atoms with Gasteiger partial charge in [0.2, 0.25) is 0 Å². The first-order valence-electron chi connectivity index (χ1n) is 6.84. The highest BCUT2D eigenvalue weighted by atomic mass is 35.5. The highest BCUT2D eigenvalue weighted by Gasteiger charge is 2.16. The number of aromatic nitrogens is 1. The topological polar surface area (TPSA) is 74.2 Å². The number of benzene rings is 2. The third kappa shape index (κ3) is 2.66. The van der Waals surface area contributed by atoms with Crippen LogP contribution in [0.4, 0.5) is 5.69 Å². The van der Waals surface area contributed by atoms with Crippen molar-refractivity contribution in [2.24, 2.45) is 7.05 Å². The van der Waals surface area contributed by atoms with Crippen LogP contribution < -0.4 is 16.0 Å². The van der Waals surface area contributed by atoms with Gasteiger partial charge in [0.1, 0.15) is 0 Å². The van der Waals surface area contributed by atoms with Crippen LogP contribution in [-0.4, -0.2) is 10.5 Å². The minimum absolute atomic E-state index is 0.329. The van der Waals surface area contributed by atoms with Crippen LogP contribution in [0.25, 0.3) is 10.9 Å². The molecule has 0 aliphatic carbocycles. The first kappa shape index (κ1) is 15.1. The van der Waals surface area contributed by atoms with Crippen LogP contribution in [0.2, 0.25) is 5.02 Å². The molecular weight excluding hydrogens is 316 g/mol. The second kappa shape index (κ2) is 5.78. The number of fused-ring (bicyclic) bond motifs is 1. The fraction of sp³-hybridized carbons (Fsp3) is 0.0588. The molecule has 0 saturated carbocycles. The zero-order valence-corrected chi connectivity index (χ0v) is 12.9. The number of hydrogen-bond donors (Lipinski definition) is 1. The lowest BCUT2D eigenvalue weighted by atomic mass is 10.1. The van der Waals surface area contributed by atoms with Gasteiger partial charge in [0.05, 0.1) is 11.1 Å². The van der Waals surface area contributed by atoms with Crippen LogP contribution in [0.1, 0.15) is 10.4 Å². The largest absolute Gasteiger partial charge is 0.871 e. The number of anilines is 1. The average molecular weight is 328 g/mol. The number of hydrogen-bond acceptors (Lipinski definition) is 3. The van der Waals surface area contributed by atoms with Crippen molar-refractivity contribution in [2.75, 3.05) is 5.32 Å². The number of rotatable bonds is 2. The van der Waals surface area contributed by atoms with E-state index in [9.17, 15) is 14.7 Å². The zero-order chi connectivity index (χ0) is 16.6. The number of carbonyl (C=O) groups excluding carboxylic acids is 1. The van der Waals surface area contributed by atoms with Gasteiger partial charge in [-0.25, -0.2) is 0 Å². The van der Waals surface area contributed by atoms with Crippen LogP contribution in [0, 0.1) is 0 Å². The Balaban J connectivity index is 2.10. The van der Waals surface area contributed by atoms with Crippen molar-refractivity contribution < 1.29 is 9.90 Å². The standard InChI is InChI=1S/C17H13ClN2O3/c1-20-13-5-3-2-4-12(13)15(21)14(17(20)23)16(22)19-11-8-6-10(18)7-9-11/h2-9,21H,1H3,(H,19,22)/p-1. The minimum Gasteiger partial charge on any atom is -0.871 e. The summed E-state index contributed by atoms with van der Waals surface area (Å²) >= 11 is 5.79. The van der Waals surface area contributed by atoms with Crippen LogP contribution in [0.5, 0.6) is 5.75 Å². The molecule has 1 amide bonds. The van der Waals surface area contributed by atoms with Gasteiger partial charge in [-0.2, -0.15) is 0 Å². The number of pyridine rings is 1. The summed E-state index contributed by atoms with van der Waals surface area (Å²) in [6, 6.07) is 13.1. The number of carbonyl (C=O) groups is 1. The smallest absolute Gasteiger partial charge is 0.263 e. The number of para-hydroxylation sites is 1. The Morgan fingerprint density at radius 3 is 2.48 bits per heavy atom. The van der Waals surface area contributed by atoms with E-state index in [2.05, 4.69) is 5.32 Å². The molecule has 0 bridgehead atoms. The third-order valence-corrected chi connectivity index (χ3v) is 3.84. The summed E-state index contributed by atoms with van der Waals surface area (Å²) in [6.07, 6.45) is 0. The Labute approximate surface area is 136 Å². The van der Waals surface area contributed by atoms with Gasteiger partial charge in [0.15, 0.2) is 0 Å². The maximum absolute atomic E-state index is 12.5. The summed E-state index contributed by atoms with van der Waals surface area (Å²) in [7, 11) is 1.53. The molecule has 1 aromatic heterocycles. The van der Waals surface area contributed by atoms with Crippen molar-refractivity contribution in [3.05, 3.63) is 69.5 Å². The molecule has 0 atom stereocenters. The molecule has 0 unspecified atom stereocenters. The Morgan fingerprint density at radius 2 is 1.78 bits per heavy atom. The Hall–Kier alpha value is -2.79. The van der Waals surface area contributed by atoms with E-state index >= 15 is 0 Å². The molecule has 1 N–H and O–H groups in total. The van der Waals surface area contributed by atoms with Gasteiger partial charge in [-0.15, -0.1) is 0 Å². The van der Waals surface area contributed by atoms with Crippen molar-refractivity contribution in [2.45, 2.75) is 0 Å². The Kier molecular flexibility index (Phi) is 3.80. The van der Waals surface area contributed by atoms with Gasteiger partial charge >= 0.3 is 0 Å². The van der Waals surface area contributed by atoms with Crippen LogP contribution >= 0.6 is 11.6 Å². The fourth-order valence-corrected chi connectivity index (χ4v) is 2.52. The average Bonchev–Trinajstić information content (AvgIpc) is 2.55. The predicted molar refractivity (Wildman–Crippen MR) is 88.0 cm³/mol. The van der Waals surface area contributed by atoms with Crippen molar-refractivity contribution in [1.29, 1.82) is 0 Å². The molecule has 1 heterocycles. The van der Waals surface area contributed by atoms with E-state index in [-0.39, 0.29) is 0 Å². The number of aryl methyl sites for hydroxylation is 1. The molecule has 0 spiro atoms. The summed E-state index contributed by atoms with van der Waals surface area (Å²) in [5.74, 6) is -1.31. The lowest BCUT2D eigenvalue weighted by Crippen LogP contribution is -2.30. The molecule has 3 aromatic rings. The lowest BCUT2D eigenvalue weighted by Gasteiger charge is -2.18. The molecule has 116 valence electrons. The van der Waals surface area contributed by atoms with Gasteiger partial charge in [0.25, 0.3) is 11.5 Å². The molecule has 0 fully saturated rings. The summed E-state index contributed by atoms with van der Waals surface area (Å²) in [5.41, 5.74) is -0.0825. The fourth-order valence-electron chi connectivity index (χ4n) is 2.39. The van der Waals surface area contributed by atoms with E-state index in [1.807, 2.05) is 0 Å². The first-order chi connectivity index (χ1) is 11.0. The molecule has 0 saturated heterocycles. The SMILES string of the molecule is Cn1c(=O)c(C(=O)Nc2ccc(Cl)cc2)c([O-])c2ccccc21. The van der Waals surface area contributed by atoms with Gasteiger partial charge in [0, 0.05) is 17.8 Å². The van der Waals surface area contributed by atoms with Crippen LogP contribution in [0.15, 0.2) is 53.3 Å². The van der Waals surface area contributed by atoms with Gasteiger partial charge in [-0.3, -0.25) is 9.59 Å². The highest BCUT2D eigenvalue weighted by Crippen LogP contribution is 2.24. The normalized spacial score (nSPS) is 10.7. The maximum atomic E-state index is 12.5. The number of amides is 1. The number of halogens is 1. The molecule has 6 heteroatoms. The van der Waals surface area contributed by atoms with E-state index in [0.717, 1.165) is 0 Å². The van der Waals surface area contributed by atoms with E-state index in [1.165, 1.54) is 11.6 Å². The number of nitrogens with one attached hydrogen (secondary N) is 1. The lowest BCUT2D eigenvalue weighted by molar-refractivity contribution is -0.266. The van der Waals surface area contributed by atoms with Crippen LogP contribution in [-0.2, 0) is 7.05 Å². The number of nitrogens with zero attached hydrogens (tertiary/aromatic N) is 1. The van der Waals surface area contributed by atoms with Gasteiger partial charge in [-0.05, 0) is 35.7 Å². The molecule has 2 aromatic carbocycles. The van der Waals surface area contributed by atoms with Gasteiger partial charge in [-0.1, -0.05) is 35.5 Å². The summed E-state index contributed by atoms with van der Waals surface area (Å²) in [5, 5.41) is 15.9. The van der Waals surface area contributed by atoms with Crippen molar-refractivity contribution >= 4 is 34.1 Å². The quantitative estimate of drug-likeness (QED) is 0.786. The monoisotopic (exact) mass is 327 g/mol. The van der Waals surface area contributed by atoms with E-state index in [0.29, 0.717) is 21.6 Å². The second-order valence-electron chi connectivity index (χ2n) is 5.05. The summed E-state index contributed by atoms with van der Waals surface area (Å²) in [6.45, 7) is 0. The molecule has 23 heavy (non-hydrogen) atoms.